The Labute approximate surface area is 211 Å². The second-order valence-corrected chi connectivity index (χ2v) is 8.89. The van der Waals surface area contributed by atoms with Crippen molar-refractivity contribution >= 4 is 29.4 Å². The van der Waals surface area contributed by atoms with Gasteiger partial charge in [0.25, 0.3) is 5.56 Å². The van der Waals surface area contributed by atoms with Gasteiger partial charge in [0.1, 0.15) is 6.61 Å². The molecule has 0 aliphatic carbocycles. The highest BCUT2D eigenvalue weighted by atomic mass is 32.1. The number of allylic oxidation sites excluding steroid dienone is 1. The number of esters is 2. The number of fused-ring (bicyclic) bond motifs is 1. The molecule has 0 fully saturated rings. The van der Waals surface area contributed by atoms with Gasteiger partial charge in [-0.1, -0.05) is 60.4 Å². The highest BCUT2D eigenvalue weighted by molar-refractivity contribution is 7.07. The minimum Gasteiger partial charge on any atom is -0.493 e. The third-order valence-corrected chi connectivity index (χ3v) is 6.41. The lowest BCUT2D eigenvalue weighted by atomic mass is 9.96. The molecule has 0 spiro atoms. The normalized spacial score (nSPS) is 15.1. The number of hydrogen-bond acceptors (Lipinski definition) is 8. The molecule has 4 rings (SSSR count). The number of ether oxygens (including phenoxy) is 3. The number of carbonyl (C=O) groups excluding carboxylic acids is 2. The van der Waals surface area contributed by atoms with Gasteiger partial charge in [0, 0.05) is 6.92 Å². The molecular formula is C27H24N2O6S. The lowest BCUT2D eigenvalue weighted by Crippen LogP contribution is -2.39. The second kappa shape index (κ2) is 10.6. The van der Waals surface area contributed by atoms with Gasteiger partial charge in [-0.3, -0.25) is 14.2 Å². The molecule has 1 unspecified atom stereocenters. The molecule has 0 amide bonds. The zero-order valence-electron chi connectivity index (χ0n) is 20.0. The Morgan fingerprint density at radius 2 is 1.92 bits per heavy atom. The topological polar surface area (TPSA) is 96.2 Å². The van der Waals surface area contributed by atoms with Crippen LogP contribution in [0.1, 0.15) is 31.0 Å². The second-order valence-electron chi connectivity index (χ2n) is 7.88. The van der Waals surface area contributed by atoms with Crippen LogP contribution in [-0.2, 0) is 14.3 Å². The summed E-state index contributed by atoms with van der Waals surface area (Å²) in [7, 11) is 1.47. The average molecular weight is 505 g/mol. The molecule has 1 aromatic heterocycles. The van der Waals surface area contributed by atoms with E-state index >= 15 is 0 Å². The molecule has 36 heavy (non-hydrogen) atoms. The predicted molar refractivity (Wildman–Crippen MR) is 136 cm³/mol. The summed E-state index contributed by atoms with van der Waals surface area (Å²) in [6.45, 7) is 6.68. The van der Waals surface area contributed by atoms with E-state index in [-0.39, 0.29) is 17.9 Å². The summed E-state index contributed by atoms with van der Waals surface area (Å²) >= 11 is 1.22. The monoisotopic (exact) mass is 504 g/mol. The van der Waals surface area contributed by atoms with E-state index in [1.54, 1.807) is 31.2 Å². The smallest absolute Gasteiger partial charge is 0.338 e. The van der Waals surface area contributed by atoms with E-state index in [1.807, 2.05) is 30.3 Å². The van der Waals surface area contributed by atoms with Gasteiger partial charge in [-0.05, 0) is 36.3 Å². The number of benzene rings is 2. The number of aromatic nitrogens is 1. The number of nitrogens with zero attached hydrogens (tertiary/aromatic N) is 2. The van der Waals surface area contributed by atoms with Crippen molar-refractivity contribution in [2.75, 3.05) is 13.7 Å². The Morgan fingerprint density at radius 1 is 1.17 bits per heavy atom. The average Bonchev–Trinajstić information content (AvgIpc) is 3.16. The Morgan fingerprint density at radius 3 is 2.58 bits per heavy atom. The summed E-state index contributed by atoms with van der Waals surface area (Å²) in [4.78, 5) is 43.0. The van der Waals surface area contributed by atoms with Crippen LogP contribution in [0, 0.1) is 0 Å². The molecule has 8 nitrogen and oxygen atoms in total. The molecule has 184 valence electrons. The molecule has 3 aromatic rings. The first kappa shape index (κ1) is 24.9. The fraction of sp³-hybridized carbons (Fsp3) is 0.185. The van der Waals surface area contributed by atoms with Crippen LogP contribution in [0.2, 0.25) is 0 Å². The van der Waals surface area contributed by atoms with E-state index in [4.69, 9.17) is 14.2 Å². The standard InChI is InChI=1S/C27H24N2O6S/c1-5-13-34-26(32)23-16(2)28-27-29(24(23)19-9-7-6-8-10-19)25(31)22(36-27)15-18-11-12-20(35-17(3)30)21(14-18)33-4/h5-12,14-15,24H,1,13H2,2-4H3/b22-15+. The minimum absolute atomic E-state index is 0.0483. The zero-order chi connectivity index (χ0) is 25.8. The fourth-order valence-corrected chi connectivity index (χ4v) is 4.96. The fourth-order valence-electron chi connectivity index (χ4n) is 3.91. The summed E-state index contributed by atoms with van der Waals surface area (Å²) in [6, 6.07) is 13.6. The van der Waals surface area contributed by atoms with Gasteiger partial charge in [-0.15, -0.1) is 0 Å². The molecule has 9 heteroatoms. The van der Waals surface area contributed by atoms with E-state index in [0.717, 1.165) is 5.56 Å². The summed E-state index contributed by atoms with van der Waals surface area (Å²) in [5.74, 6) is -0.374. The number of carbonyl (C=O) groups is 2. The maximum absolute atomic E-state index is 13.6. The van der Waals surface area contributed by atoms with Crippen LogP contribution in [0.4, 0.5) is 0 Å². The molecule has 0 saturated carbocycles. The molecule has 0 N–H and O–H groups in total. The van der Waals surface area contributed by atoms with Gasteiger partial charge in [0.2, 0.25) is 0 Å². The van der Waals surface area contributed by atoms with Crippen molar-refractivity contribution < 1.29 is 23.8 Å². The van der Waals surface area contributed by atoms with Gasteiger partial charge in [0.05, 0.1) is 29.0 Å². The van der Waals surface area contributed by atoms with Crippen LogP contribution in [-0.4, -0.2) is 30.2 Å². The van der Waals surface area contributed by atoms with Crippen LogP contribution < -0.4 is 24.4 Å². The summed E-state index contributed by atoms with van der Waals surface area (Å²) in [5, 5.41) is 0. The van der Waals surface area contributed by atoms with Gasteiger partial charge in [-0.2, -0.15) is 0 Å². The predicted octanol–water partition coefficient (Wildman–Crippen LogP) is 2.90. The van der Waals surface area contributed by atoms with Gasteiger partial charge in [0.15, 0.2) is 16.3 Å². The quantitative estimate of drug-likeness (QED) is 0.279. The SMILES string of the molecule is C=CCOC(=O)C1=C(C)N=c2s/c(=C/c3ccc(OC(C)=O)c(OC)c3)c(=O)n2C1c1ccccc1. The third kappa shape index (κ3) is 4.92. The van der Waals surface area contributed by atoms with Crippen molar-refractivity contribution in [1.82, 2.24) is 4.57 Å². The molecule has 1 aliphatic rings. The molecule has 0 saturated heterocycles. The summed E-state index contributed by atoms with van der Waals surface area (Å²) in [6.07, 6.45) is 3.20. The van der Waals surface area contributed by atoms with Crippen LogP contribution in [0.15, 0.2) is 82.2 Å². The van der Waals surface area contributed by atoms with E-state index in [2.05, 4.69) is 11.6 Å². The molecule has 1 atom stereocenters. The van der Waals surface area contributed by atoms with Gasteiger partial charge in [-0.25, -0.2) is 9.79 Å². The van der Waals surface area contributed by atoms with Crippen LogP contribution in [0.5, 0.6) is 11.5 Å². The largest absolute Gasteiger partial charge is 0.493 e. The van der Waals surface area contributed by atoms with E-state index < -0.39 is 18.0 Å². The lowest BCUT2D eigenvalue weighted by molar-refractivity contribution is -0.138. The van der Waals surface area contributed by atoms with Gasteiger partial charge < -0.3 is 14.2 Å². The van der Waals surface area contributed by atoms with Crippen molar-refractivity contribution in [3.63, 3.8) is 0 Å². The highest BCUT2D eigenvalue weighted by Gasteiger charge is 2.33. The molecular weight excluding hydrogens is 480 g/mol. The van der Waals surface area contributed by atoms with Crippen molar-refractivity contribution in [3.8, 4) is 11.5 Å². The Hall–Kier alpha value is -4.24. The molecule has 2 heterocycles. The van der Waals surface area contributed by atoms with Crippen LogP contribution in [0.3, 0.4) is 0 Å². The lowest BCUT2D eigenvalue weighted by Gasteiger charge is -2.24. The van der Waals surface area contributed by atoms with Gasteiger partial charge >= 0.3 is 11.9 Å². The minimum atomic E-state index is -0.692. The summed E-state index contributed by atoms with van der Waals surface area (Å²) < 4.78 is 17.8. The van der Waals surface area contributed by atoms with Crippen LogP contribution >= 0.6 is 11.3 Å². The van der Waals surface area contributed by atoms with Crippen molar-refractivity contribution in [1.29, 1.82) is 0 Å². The van der Waals surface area contributed by atoms with E-state index in [1.165, 1.54) is 36.0 Å². The van der Waals surface area contributed by atoms with Crippen molar-refractivity contribution in [2.45, 2.75) is 19.9 Å². The Kier molecular flexibility index (Phi) is 7.30. The first-order chi connectivity index (χ1) is 17.3. The maximum Gasteiger partial charge on any atom is 0.338 e. The Bertz CT molecular complexity index is 1550. The summed E-state index contributed by atoms with van der Waals surface area (Å²) in [5.41, 5.74) is 1.92. The van der Waals surface area contributed by atoms with Crippen LogP contribution in [0.25, 0.3) is 6.08 Å². The molecule has 0 radical (unpaired) electrons. The number of hydrogen-bond donors (Lipinski definition) is 0. The maximum atomic E-state index is 13.6. The Balaban J connectivity index is 1.87. The zero-order valence-corrected chi connectivity index (χ0v) is 20.8. The highest BCUT2D eigenvalue weighted by Crippen LogP contribution is 2.31. The molecule has 2 aromatic carbocycles. The van der Waals surface area contributed by atoms with Crippen molar-refractivity contribution in [2.24, 2.45) is 4.99 Å². The van der Waals surface area contributed by atoms with E-state index in [0.29, 0.717) is 31.9 Å². The molecule has 1 aliphatic heterocycles. The third-order valence-electron chi connectivity index (χ3n) is 5.43. The van der Waals surface area contributed by atoms with E-state index in [9.17, 15) is 14.4 Å². The molecule has 0 bridgehead atoms. The first-order valence-corrected chi connectivity index (χ1v) is 11.9. The number of thiazole rings is 1. The number of methoxy groups -OCH3 is 1. The number of rotatable bonds is 7. The first-order valence-electron chi connectivity index (χ1n) is 11.1. The van der Waals surface area contributed by atoms with Crippen molar-refractivity contribution in [3.05, 3.63) is 103 Å².